The SMILES string of the molecule is NCc1ccc(-c2cnc3ccc(NCCC4CCCCC4)nn23)cc1. The smallest absolute Gasteiger partial charge is 0.154 e. The molecule has 0 radical (unpaired) electrons. The summed E-state index contributed by atoms with van der Waals surface area (Å²) >= 11 is 0. The van der Waals surface area contributed by atoms with Gasteiger partial charge in [0, 0.05) is 18.7 Å². The molecular weight excluding hydrogens is 322 g/mol. The monoisotopic (exact) mass is 349 g/mol. The minimum Gasteiger partial charge on any atom is -0.369 e. The van der Waals surface area contributed by atoms with Crippen molar-refractivity contribution in [2.24, 2.45) is 11.7 Å². The van der Waals surface area contributed by atoms with Gasteiger partial charge in [-0.1, -0.05) is 56.4 Å². The van der Waals surface area contributed by atoms with Crippen LogP contribution in [0.15, 0.2) is 42.6 Å². The summed E-state index contributed by atoms with van der Waals surface area (Å²) < 4.78 is 1.92. The number of nitrogens with two attached hydrogens (primary N) is 1. The van der Waals surface area contributed by atoms with Crippen molar-refractivity contribution in [3.63, 3.8) is 0 Å². The van der Waals surface area contributed by atoms with Crippen LogP contribution in [0.1, 0.15) is 44.1 Å². The van der Waals surface area contributed by atoms with E-state index in [0.29, 0.717) is 6.54 Å². The Labute approximate surface area is 154 Å². The van der Waals surface area contributed by atoms with Gasteiger partial charge in [-0.15, -0.1) is 5.10 Å². The molecule has 0 bridgehead atoms. The minimum atomic E-state index is 0.556. The molecule has 0 unspecified atom stereocenters. The number of imidazole rings is 1. The molecule has 2 aromatic heterocycles. The Bertz CT molecular complexity index is 846. The molecule has 0 aliphatic heterocycles. The van der Waals surface area contributed by atoms with Crippen LogP contribution in [-0.2, 0) is 6.54 Å². The fourth-order valence-corrected chi connectivity index (χ4v) is 3.86. The third-order valence-corrected chi connectivity index (χ3v) is 5.43. The second kappa shape index (κ2) is 7.87. The molecule has 0 amide bonds. The lowest BCUT2D eigenvalue weighted by atomic mass is 9.87. The number of anilines is 1. The van der Waals surface area contributed by atoms with Gasteiger partial charge in [0.1, 0.15) is 5.82 Å². The highest BCUT2D eigenvalue weighted by Crippen LogP contribution is 2.26. The average Bonchev–Trinajstić information content (AvgIpc) is 3.12. The molecule has 4 rings (SSSR count). The Morgan fingerprint density at radius 2 is 1.85 bits per heavy atom. The summed E-state index contributed by atoms with van der Waals surface area (Å²) in [5.74, 6) is 1.79. The van der Waals surface area contributed by atoms with E-state index in [0.717, 1.165) is 40.7 Å². The van der Waals surface area contributed by atoms with Crippen molar-refractivity contribution in [1.29, 1.82) is 0 Å². The predicted molar refractivity (Wildman–Crippen MR) is 106 cm³/mol. The Morgan fingerprint density at radius 3 is 2.62 bits per heavy atom. The molecule has 2 heterocycles. The molecular formula is C21H27N5. The topological polar surface area (TPSA) is 68.2 Å². The summed E-state index contributed by atoms with van der Waals surface area (Å²) in [5.41, 5.74) is 9.78. The largest absolute Gasteiger partial charge is 0.369 e. The highest BCUT2D eigenvalue weighted by Gasteiger charge is 2.13. The molecule has 0 spiro atoms. The van der Waals surface area contributed by atoms with Crippen molar-refractivity contribution in [2.45, 2.75) is 45.1 Å². The minimum absolute atomic E-state index is 0.556. The number of hydrogen-bond acceptors (Lipinski definition) is 4. The number of benzene rings is 1. The summed E-state index contributed by atoms with van der Waals surface area (Å²) in [4.78, 5) is 4.48. The van der Waals surface area contributed by atoms with Gasteiger partial charge in [-0.2, -0.15) is 0 Å². The van der Waals surface area contributed by atoms with Gasteiger partial charge in [-0.25, -0.2) is 9.50 Å². The Balaban J connectivity index is 1.48. The number of nitrogens with one attached hydrogen (secondary N) is 1. The molecule has 1 aromatic carbocycles. The first-order chi connectivity index (χ1) is 12.8. The summed E-state index contributed by atoms with van der Waals surface area (Å²) in [6.07, 6.45) is 10.1. The second-order valence-corrected chi connectivity index (χ2v) is 7.25. The van der Waals surface area contributed by atoms with Crippen molar-refractivity contribution >= 4 is 11.5 Å². The van der Waals surface area contributed by atoms with Gasteiger partial charge in [0.05, 0.1) is 11.9 Å². The number of aromatic nitrogens is 3. The van der Waals surface area contributed by atoms with Crippen molar-refractivity contribution < 1.29 is 0 Å². The molecule has 5 heteroatoms. The summed E-state index contributed by atoms with van der Waals surface area (Å²) in [6, 6.07) is 12.3. The first-order valence-electron chi connectivity index (χ1n) is 9.71. The Kier molecular flexibility index (Phi) is 5.16. The van der Waals surface area contributed by atoms with E-state index in [-0.39, 0.29) is 0 Å². The lowest BCUT2D eigenvalue weighted by Crippen LogP contribution is -2.13. The summed E-state index contributed by atoms with van der Waals surface area (Å²) in [6.45, 7) is 1.54. The molecule has 3 aromatic rings. The molecule has 1 fully saturated rings. The van der Waals surface area contributed by atoms with E-state index in [4.69, 9.17) is 10.8 Å². The quantitative estimate of drug-likeness (QED) is 0.698. The van der Waals surface area contributed by atoms with Crippen molar-refractivity contribution in [3.05, 3.63) is 48.2 Å². The van der Waals surface area contributed by atoms with Crippen LogP contribution in [0.4, 0.5) is 5.82 Å². The van der Waals surface area contributed by atoms with E-state index in [2.05, 4.69) is 34.6 Å². The third-order valence-electron chi connectivity index (χ3n) is 5.43. The zero-order valence-electron chi connectivity index (χ0n) is 15.2. The molecule has 0 atom stereocenters. The molecule has 0 saturated heterocycles. The summed E-state index contributed by atoms with van der Waals surface area (Å²) in [7, 11) is 0. The molecule has 3 N–H and O–H groups in total. The molecule has 26 heavy (non-hydrogen) atoms. The van der Waals surface area contributed by atoms with Gasteiger partial charge < -0.3 is 11.1 Å². The van der Waals surface area contributed by atoms with Crippen LogP contribution in [-0.4, -0.2) is 21.1 Å². The van der Waals surface area contributed by atoms with Gasteiger partial charge in [-0.05, 0) is 30.0 Å². The molecule has 1 saturated carbocycles. The lowest BCUT2D eigenvalue weighted by molar-refractivity contribution is 0.345. The molecule has 136 valence electrons. The first kappa shape index (κ1) is 17.0. The highest BCUT2D eigenvalue weighted by molar-refractivity contribution is 5.63. The van der Waals surface area contributed by atoms with Gasteiger partial charge in [0.2, 0.25) is 0 Å². The zero-order valence-corrected chi connectivity index (χ0v) is 15.2. The van der Waals surface area contributed by atoms with Crippen LogP contribution < -0.4 is 11.1 Å². The number of fused-ring (bicyclic) bond motifs is 1. The average molecular weight is 349 g/mol. The van der Waals surface area contributed by atoms with Gasteiger partial charge in [0.15, 0.2) is 5.65 Å². The first-order valence-corrected chi connectivity index (χ1v) is 9.71. The van der Waals surface area contributed by atoms with E-state index in [9.17, 15) is 0 Å². The molecule has 1 aliphatic rings. The maximum absolute atomic E-state index is 5.69. The fraction of sp³-hybridized carbons (Fsp3) is 0.429. The Morgan fingerprint density at radius 1 is 1.04 bits per heavy atom. The van der Waals surface area contributed by atoms with Crippen LogP contribution in [0.3, 0.4) is 0 Å². The van der Waals surface area contributed by atoms with Crippen LogP contribution in [0.2, 0.25) is 0 Å². The number of nitrogens with zero attached hydrogens (tertiary/aromatic N) is 3. The van der Waals surface area contributed by atoms with Gasteiger partial charge in [-0.3, -0.25) is 0 Å². The second-order valence-electron chi connectivity index (χ2n) is 7.25. The third kappa shape index (κ3) is 3.73. The maximum atomic E-state index is 5.69. The van der Waals surface area contributed by atoms with E-state index >= 15 is 0 Å². The zero-order chi connectivity index (χ0) is 17.8. The van der Waals surface area contributed by atoms with Crippen LogP contribution in [0.5, 0.6) is 0 Å². The molecule has 1 aliphatic carbocycles. The van der Waals surface area contributed by atoms with E-state index in [1.165, 1.54) is 38.5 Å². The van der Waals surface area contributed by atoms with E-state index < -0.39 is 0 Å². The number of hydrogen-bond donors (Lipinski definition) is 2. The number of rotatable bonds is 6. The van der Waals surface area contributed by atoms with Crippen LogP contribution in [0.25, 0.3) is 16.9 Å². The van der Waals surface area contributed by atoms with Gasteiger partial charge in [0.25, 0.3) is 0 Å². The Hall–Kier alpha value is -2.40. The van der Waals surface area contributed by atoms with Crippen molar-refractivity contribution in [1.82, 2.24) is 14.6 Å². The van der Waals surface area contributed by atoms with Crippen LogP contribution >= 0.6 is 0 Å². The van der Waals surface area contributed by atoms with Crippen molar-refractivity contribution in [3.8, 4) is 11.3 Å². The van der Waals surface area contributed by atoms with Crippen LogP contribution in [0, 0.1) is 5.92 Å². The fourth-order valence-electron chi connectivity index (χ4n) is 3.86. The lowest BCUT2D eigenvalue weighted by Gasteiger charge is -2.21. The summed E-state index contributed by atoms with van der Waals surface area (Å²) in [5, 5.41) is 8.25. The normalized spacial score (nSPS) is 15.4. The predicted octanol–water partition coefficient (Wildman–Crippen LogP) is 4.24. The van der Waals surface area contributed by atoms with E-state index in [1.54, 1.807) is 0 Å². The maximum Gasteiger partial charge on any atom is 0.154 e. The van der Waals surface area contributed by atoms with Gasteiger partial charge >= 0.3 is 0 Å². The van der Waals surface area contributed by atoms with E-state index in [1.807, 2.05) is 22.8 Å². The highest BCUT2D eigenvalue weighted by atomic mass is 15.3. The van der Waals surface area contributed by atoms with Crippen molar-refractivity contribution in [2.75, 3.05) is 11.9 Å². The standard InChI is InChI=1S/C21H27N5/c22-14-17-6-8-18(9-7-17)19-15-24-21-11-10-20(25-26(19)21)23-13-12-16-4-2-1-3-5-16/h6-11,15-16H,1-5,12-14,22H2,(H,23,25). The molecule has 5 nitrogen and oxygen atoms in total.